The lowest BCUT2D eigenvalue weighted by Gasteiger charge is -2.12. The standard InChI is InChI=1S/C10H12N2O5S2/c1-17-9-5-3-4-8(6-11)10(9)12-19(15,16)7-18(2,13)14/h3-5,12H,7H2,1-2H3. The van der Waals surface area contributed by atoms with Crippen molar-refractivity contribution in [2.24, 2.45) is 0 Å². The summed E-state index contributed by atoms with van der Waals surface area (Å²) < 4.78 is 52.5. The van der Waals surface area contributed by atoms with Gasteiger partial charge in [-0.25, -0.2) is 16.8 Å². The highest BCUT2D eigenvalue weighted by Gasteiger charge is 2.21. The van der Waals surface area contributed by atoms with E-state index in [0.717, 1.165) is 6.26 Å². The summed E-state index contributed by atoms with van der Waals surface area (Å²) in [6.07, 6.45) is 0.805. The number of hydrogen-bond donors (Lipinski definition) is 1. The third kappa shape index (κ3) is 4.42. The van der Waals surface area contributed by atoms with E-state index in [2.05, 4.69) is 4.72 Å². The molecule has 0 bridgehead atoms. The van der Waals surface area contributed by atoms with Crippen molar-refractivity contribution in [1.82, 2.24) is 0 Å². The maximum Gasteiger partial charge on any atom is 0.247 e. The van der Waals surface area contributed by atoms with Gasteiger partial charge in [-0.05, 0) is 12.1 Å². The maximum absolute atomic E-state index is 11.7. The van der Waals surface area contributed by atoms with Crippen LogP contribution in [0.2, 0.25) is 0 Å². The molecule has 19 heavy (non-hydrogen) atoms. The first-order valence-corrected chi connectivity index (χ1v) is 8.65. The van der Waals surface area contributed by atoms with E-state index in [1.165, 1.54) is 25.3 Å². The number of anilines is 1. The smallest absolute Gasteiger partial charge is 0.247 e. The number of sulfonamides is 1. The molecule has 0 aliphatic heterocycles. The van der Waals surface area contributed by atoms with Crippen molar-refractivity contribution >= 4 is 25.5 Å². The van der Waals surface area contributed by atoms with Crippen LogP contribution in [0, 0.1) is 11.3 Å². The minimum absolute atomic E-state index is 0.0384. The molecule has 9 heteroatoms. The van der Waals surface area contributed by atoms with Crippen LogP contribution in [0.5, 0.6) is 5.75 Å². The van der Waals surface area contributed by atoms with Crippen LogP contribution < -0.4 is 9.46 Å². The summed E-state index contributed by atoms with van der Waals surface area (Å²) in [4.78, 5) is 0. The van der Waals surface area contributed by atoms with E-state index in [9.17, 15) is 16.8 Å². The lowest BCUT2D eigenvalue weighted by Crippen LogP contribution is -2.23. The van der Waals surface area contributed by atoms with E-state index in [4.69, 9.17) is 10.00 Å². The Morgan fingerprint density at radius 1 is 1.32 bits per heavy atom. The van der Waals surface area contributed by atoms with Crippen molar-refractivity contribution in [3.8, 4) is 11.8 Å². The molecule has 0 saturated carbocycles. The van der Waals surface area contributed by atoms with E-state index in [-0.39, 0.29) is 17.0 Å². The molecular formula is C10H12N2O5S2. The van der Waals surface area contributed by atoms with Crippen LogP contribution in [-0.2, 0) is 19.9 Å². The van der Waals surface area contributed by atoms with Crippen LogP contribution in [0.3, 0.4) is 0 Å². The number of benzene rings is 1. The van der Waals surface area contributed by atoms with Gasteiger partial charge < -0.3 is 4.74 Å². The normalized spacial score (nSPS) is 11.6. The molecule has 0 aromatic heterocycles. The van der Waals surface area contributed by atoms with Gasteiger partial charge in [-0.3, -0.25) is 4.72 Å². The van der Waals surface area contributed by atoms with Crippen LogP contribution in [0.1, 0.15) is 5.56 Å². The Morgan fingerprint density at radius 2 is 1.95 bits per heavy atom. The van der Waals surface area contributed by atoms with Gasteiger partial charge in [-0.2, -0.15) is 5.26 Å². The number of ether oxygens (including phenoxy) is 1. The fourth-order valence-corrected chi connectivity index (χ4v) is 4.38. The van der Waals surface area contributed by atoms with Crippen molar-refractivity contribution in [2.75, 3.05) is 23.2 Å². The molecule has 0 saturated heterocycles. The van der Waals surface area contributed by atoms with E-state index in [1.54, 1.807) is 6.07 Å². The van der Waals surface area contributed by atoms with Gasteiger partial charge in [0.05, 0.1) is 12.7 Å². The van der Waals surface area contributed by atoms with Gasteiger partial charge in [0.2, 0.25) is 10.0 Å². The summed E-state index contributed by atoms with van der Waals surface area (Å²) in [5, 5.41) is 7.84. The van der Waals surface area contributed by atoms with E-state index in [1.807, 2.05) is 0 Å². The first kappa shape index (κ1) is 15.3. The first-order chi connectivity index (χ1) is 8.68. The zero-order valence-corrected chi connectivity index (χ0v) is 11.9. The van der Waals surface area contributed by atoms with Crippen LogP contribution in [0.4, 0.5) is 5.69 Å². The number of nitriles is 1. The maximum atomic E-state index is 11.7. The quantitative estimate of drug-likeness (QED) is 0.837. The highest BCUT2D eigenvalue weighted by Crippen LogP contribution is 2.28. The van der Waals surface area contributed by atoms with Crippen molar-refractivity contribution < 1.29 is 21.6 Å². The Kier molecular flexibility index (Phi) is 4.39. The van der Waals surface area contributed by atoms with Gasteiger partial charge in [0.15, 0.2) is 14.9 Å². The second-order valence-electron chi connectivity index (χ2n) is 3.76. The number of nitrogens with one attached hydrogen (secondary N) is 1. The van der Waals surface area contributed by atoms with Crippen molar-refractivity contribution in [1.29, 1.82) is 5.26 Å². The topological polar surface area (TPSA) is 113 Å². The molecule has 1 N–H and O–H groups in total. The summed E-state index contributed by atoms with van der Waals surface area (Å²) in [6.45, 7) is 0. The van der Waals surface area contributed by atoms with Gasteiger partial charge in [-0.15, -0.1) is 0 Å². The molecular weight excluding hydrogens is 292 g/mol. The zero-order chi connectivity index (χ0) is 14.7. The summed E-state index contributed by atoms with van der Waals surface area (Å²) in [6, 6.07) is 6.17. The fourth-order valence-electron chi connectivity index (χ4n) is 1.37. The molecule has 0 aliphatic rings. The van der Waals surface area contributed by atoms with Gasteiger partial charge in [0, 0.05) is 6.26 Å². The monoisotopic (exact) mass is 304 g/mol. The lowest BCUT2D eigenvalue weighted by molar-refractivity contribution is 0.417. The molecule has 0 unspecified atom stereocenters. The van der Waals surface area contributed by atoms with E-state index >= 15 is 0 Å². The third-order valence-corrected chi connectivity index (χ3v) is 5.46. The average molecular weight is 304 g/mol. The van der Waals surface area contributed by atoms with Crippen LogP contribution >= 0.6 is 0 Å². The number of hydrogen-bond acceptors (Lipinski definition) is 6. The predicted octanol–water partition coefficient (Wildman–Crippen LogP) is 0.311. The molecule has 0 fully saturated rings. The van der Waals surface area contributed by atoms with Crippen molar-refractivity contribution in [2.45, 2.75) is 0 Å². The van der Waals surface area contributed by atoms with Gasteiger partial charge >= 0.3 is 0 Å². The van der Waals surface area contributed by atoms with Crippen molar-refractivity contribution in [3.63, 3.8) is 0 Å². The Hall–Kier alpha value is -1.79. The van der Waals surface area contributed by atoms with E-state index < -0.39 is 24.9 Å². The average Bonchev–Trinajstić information content (AvgIpc) is 2.25. The number of methoxy groups -OCH3 is 1. The predicted molar refractivity (Wildman–Crippen MR) is 70.0 cm³/mol. The SMILES string of the molecule is COc1cccc(C#N)c1NS(=O)(=O)CS(C)(=O)=O. The highest BCUT2D eigenvalue weighted by atomic mass is 32.3. The minimum atomic E-state index is -4.13. The first-order valence-electron chi connectivity index (χ1n) is 4.94. The highest BCUT2D eigenvalue weighted by molar-refractivity contribution is 8.08. The third-order valence-electron chi connectivity index (χ3n) is 1.99. The van der Waals surface area contributed by atoms with Gasteiger partial charge in [0.25, 0.3) is 0 Å². The molecule has 0 amide bonds. The minimum Gasteiger partial charge on any atom is -0.495 e. The summed E-state index contributed by atoms with van der Waals surface area (Å²) in [5.41, 5.74) is -0.0347. The number of rotatable bonds is 5. The van der Waals surface area contributed by atoms with E-state index in [0.29, 0.717) is 0 Å². The van der Waals surface area contributed by atoms with Crippen molar-refractivity contribution in [3.05, 3.63) is 23.8 Å². The molecule has 1 aromatic carbocycles. The van der Waals surface area contributed by atoms with Crippen LogP contribution in [0.25, 0.3) is 0 Å². The summed E-state index contributed by atoms with van der Waals surface area (Å²) in [7, 11) is -6.53. The summed E-state index contributed by atoms with van der Waals surface area (Å²) >= 11 is 0. The fraction of sp³-hybridized carbons (Fsp3) is 0.300. The molecule has 7 nitrogen and oxygen atoms in total. The Labute approximate surface area is 111 Å². The molecule has 0 aliphatic carbocycles. The second kappa shape index (κ2) is 5.46. The number of nitrogens with zero attached hydrogens (tertiary/aromatic N) is 1. The van der Waals surface area contributed by atoms with Crippen LogP contribution in [-0.4, -0.2) is 35.3 Å². The van der Waals surface area contributed by atoms with Crippen LogP contribution in [0.15, 0.2) is 18.2 Å². The number of sulfone groups is 1. The van der Waals surface area contributed by atoms with Gasteiger partial charge in [0.1, 0.15) is 17.5 Å². The molecule has 0 spiro atoms. The number of para-hydroxylation sites is 1. The zero-order valence-electron chi connectivity index (χ0n) is 10.2. The Morgan fingerprint density at radius 3 is 2.42 bits per heavy atom. The lowest BCUT2D eigenvalue weighted by atomic mass is 10.2. The second-order valence-corrected chi connectivity index (χ2v) is 7.98. The molecule has 1 aromatic rings. The molecule has 0 radical (unpaired) electrons. The largest absolute Gasteiger partial charge is 0.495 e. The molecule has 104 valence electrons. The Bertz CT molecular complexity index is 717. The molecule has 1 rings (SSSR count). The molecule has 0 atom stereocenters. The molecule has 0 heterocycles. The Balaban J connectivity index is 3.23. The summed E-state index contributed by atoms with van der Waals surface area (Å²) in [5.74, 6) is 0.135. The van der Waals surface area contributed by atoms with Gasteiger partial charge in [-0.1, -0.05) is 6.07 Å².